The third kappa shape index (κ3) is 3.81. The van der Waals surface area contributed by atoms with Gasteiger partial charge in [0.05, 0.1) is 0 Å². The summed E-state index contributed by atoms with van der Waals surface area (Å²) in [6, 6.07) is 19.2. The molecule has 28 heavy (non-hydrogen) atoms. The Bertz CT molecular complexity index is 1120. The van der Waals surface area contributed by atoms with Crippen molar-refractivity contribution in [3.63, 3.8) is 0 Å². The van der Waals surface area contributed by atoms with Gasteiger partial charge in [-0.2, -0.15) is 8.78 Å². The van der Waals surface area contributed by atoms with Crippen molar-refractivity contribution in [1.29, 1.82) is 0 Å². The fourth-order valence-corrected chi connectivity index (χ4v) is 3.50. The highest BCUT2D eigenvalue weighted by molar-refractivity contribution is 7.18. The molecule has 4 rings (SSSR count). The van der Waals surface area contributed by atoms with E-state index in [1.807, 2.05) is 36.4 Å². The number of carbonyl (C=O) groups is 1. The Balaban J connectivity index is 1.52. The van der Waals surface area contributed by atoms with Gasteiger partial charge in [0.1, 0.15) is 10.8 Å². The maximum atomic E-state index is 12.7. The second-order valence-electron chi connectivity index (χ2n) is 5.80. The Labute approximate surface area is 162 Å². The number of aromatic nitrogens is 2. The Morgan fingerprint density at radius 1 is 0.964 bits per heavy atom. The zero-order chi connectivity index (χ0) is 19.5. The molecule has 1 amide bonds. The van der Waals surface area contributed by atoms with Crippen molar-refractivity contribution in [3.05, 3.63) is 72.3 Å². The molecule has 0 radical (unpaired) electrons. The van der Waals surface area contributed by atoms with Crippen LogP contribution in [-0.4, -0.2) is 22.7 Å². The molecule has 8 heteroatoms. The van der Waals surface area contributed by atoms with Crippen molar-refractivity contribution >= 4 is 33.1 Å². The first kappa shape index (κ1) is 18.0. The Hall–Kier alpha value is -3.39. The average molecular weight is 397 g/mol. The van der Waals surface area contributed by atoms with Gasteiger partial charge in [-0.15, -0.1) is 10.2 Å². The van der Waals surface area contributed by atoms with Crippen molar-refractivity contribution in [1.82, 2.24) is 10.2 Å². The van der Waals surface area contributed by atoms with Crippen LogP contribution < -0.4 is 10.1 Å². The molecule has 140 valence electrons. The number of hydrogen-bond acceptors (Lipinski definition) is 5. The van der Waals surface area contributed by atoms with E-state index in [1.165, 1.54) is 23.5 Å². The van der Waals surface area contributed by atoms with Gasteiger partial charge < -0.3 is 4.74 Å². The van der Waals surface area contributed by atoms with Crippen LogP contribution >= 0.6 is 11.3 Å². The van der Waals surface area contributed by atoms with E-state index in [0.29, 0.717) is 21.3 Å². The number of rotatable bonds is 5. The maximum Gasteiger partial charge on any atom is 0.387 e. The number of halogens is 2. The van der Waals surface area contributed by atoms with Gasteiger partial charge in [-0.3, -0.25) is 10.1 Å². The van der Waals surface area contributed by atoms with E-state index in [4.69, 9.17) is 0 Å². The fourth-order valence-electron chi connectivity index (χ4n) is 2.76. The third-order valence-corrected chi connectivity index (χ3v) is 4.89. The van der Waals surface area contributed by atoms with Crippen molar-refractivity contribution < 1.29 is 18.3 Å². The molecule has 0 spiro atoms. The van der Waals surface area contributed by atoms with Gasteiger partial charge in [-0.25, -0.2) is 0 Å². The quantitative estimate of drug-likeness (QED) is 0.502. The molecule has 1 N–H and O–H groups in total. The van der Waals surface area contributed by atoms with Crippen molar-refractivity contribution in [2.24, 2.45) is 0 Å². The van der Waals surface area contributed by atoms with Gasteiger partial charge in [-0.1, -0.05) is 47.7 Å². The molecule has 3 aromatic carbocycles. The summed E-state index contributed by atoms with van der Waals surface area (Å²) in [6.45, 7) is -2.87. The molecule has 1 aromatic heterocycles. The predicted octanol–water partition coefficient (Wildman–Crippen LogP) is 5.21. The van der Waals surface area contributed by atoms with Crippen molar-refractivity contribution in [2.75, 3.05) is 5.32 Å². The zero-order valence-corrected chi connectivity index (χ0v) is 15.1. The molecular weight excluding hydrogens is 384 g/mol. The van der Waals surface area contributed by atoms with E-state index >= 15 is 0 Å². The summed E-state index contributed by atoms with van der Waals surface area (Å²) in [7, 11) is 0. The number of fused-ring (bicyclic) bond motifs is 1. The monoisotopic (exact) mass is 397 g/mol. The number of benzene rings is 3. The molecule has 0 saturated carbocycles. The van der Waals surface area contributed by atoms with Crippen LogP contribution in [0.1, 0.15) is 10.4 Å². The molecule has 0 aliphatic rings. The summed E-state index contributed by atoms with van der Waals surface area (Å²) in [5, 5.41) is 13.5. The number of alkyl halides is 2. The SMILES string of the molecule is O=C(Nc1nnc(-c2ccc(OC(F)F)cc2)s1)c1cccc2ccccc12. The highest BCUT2D eigenvalue weighted by Gasteiger charge is 2.14. The zero-order valence-electron chi connectivity index (χ0n) is 14.3. The first-order valence-electron chi connectivity index (χ1n) is 8.28. The predicted molar refractivity (Wildman–Crippen MR) is 104 cm³/mol. The van der Waals surface area contributed by atoms with E-state index in [2.05, 4.69) is 20.3 Å². The summed E-state index contributed by atoms with van der Waals surface area (Å²) in [6.07, 6.45) is 0. The number of nitrogens with one attached hydrogen (secondary N) is 1. The largest absolute Gasteiger partial charge is 0.435 e. The summed E-state index contributed by atoms with van der Waals surface area (Å²) >= 11 is 1.19. The second kappa shape index (κ2) is 7.69. The summed E-state index contributed by atoms with van der Waals surface area (Å²) in [5.74, 6) is -0.215. The molecule has 0 unspecified atom stereocenters. The van der Waals surface area contributed by atoms with E-state index in [9.17, 15) is 13.6 Å². The lowest BCUT2D eigenvalue weighted by Gasteiger charge is -2.05. The maximum absolute atomic E-state index is 12.7. The normalized spacial score (nSPS) is 11.0. The van der Waals surface area contributed by atoms with Gasteiger partial charge in [-0.05, 0) is 41.1 Å². The van der Waals surface area contributed by atoms with E-state index in [0.717, 1.165) is 10.8 Å². The minimum Gasteiger partial charge on any atom is -0.435 e. The first-order chi connectivity index (χ1) is 13.6. The number of anilines is 1. The van der Waals surface area contributed by atoms with Gasteiger partial charge >= 0.3 is 6.61 Å². The molecule has 0 atom stereocenters. The summed E-state index contributed by atoms with van der Waals surface area (Å²) in [5.41, 5.74) is 1.23. The van der Waals surface area contributed by atoms with Crippen molar-refractivity contribution in [2.45, 2.75) is 6.61 Å². The van der Waals surface area contributed by atoms with Crippen LogP contribution in [0.4, 0.5) is 13.9 Å². The Morgan fingerprint density at radius 3 is 2.50 bits per heavy atom. The molecule has 5 nitrogen and oxygen atoms in total. The number of nitrogens with zero attached hydrogens (tertiary/aromatic N) is 2. The molecular formula is C20H13F2N3O2S. The molecule has 0 saturated heterocycles. The van der Waals surface area contributed by atoms with Gasteiger partial charge in [0.2, 0.25) is 5.13 Å². The van der Waals surface area contributed by atoms with Crippen molar-refractivity contribution in [3.8, 4) is 16.3 Å². The molecule has 0 fully saturated rings. The van der Waals surface area contributed by atoms with E-state index < -0.39 is 6.61 Å². The van der Waals surface area contributed by atoms with Gasteiger partial charge in [0, 0.05) is 11.1 Å². The summed E-state index contributed by atoms with van der Waals surface area (Å²) < 4.78 is 28.8. The van der Waals surface area contributed by atoms with Crippen LogP contribution in [-0.2, 0) is 0 Å². The molecule has 0 aliphatic heterocycles. The lowest BCUT2D eigenvalue weighted by molar-refractivity contribution is -0.0498. The topological polar surface area (TPSA) is 64.1 Å². The van der Waals surface area contributed by atoms with Crippen LogP contribution in [0.5, 0.6) is 5.75 Å². The number of ether oxygens (including phenoxy) is 1. The smallest absolute Gasteiger partial charge is 0.387 e. The third-order valence-electron chi connectivity index (χ3n) is 4.01. The van der Waals surface area contributed by atoms with Gasteiger partial charge in [0.25, 0.3) is 5.91 Å². The number of carbonyl (C=O) groups excluding carboxylic acids is 1. The highest BCUT2D eigenvalue weighted by Crippen LogP contribution is 2.29. The van der Waals surface area contributed by atoms with Crippen LogP contribution in [0.3, 0.4) is 0 Å². The highest BCUT2D eigenvalue weighted by atomic mass is 32.1. The average Bonchev–Trinajstić information content (AvgIpc) is 3.16. The van der Waals surface area contributed by atoms with Gasteiger partial charge in [0.15, 0.2) is 0 Å². The number of hydrogen-bond donors (Lipinski definition) is 1. The lowest BCUT2D eigenvalue weighted by Crippen LogP contribution is -2.12. The standard InChI is InChI=1S/C20H13F2N3O2S/c21-19(22)27-14-10-8-13(9-11-14)18-24-25-20(28-18)23-17(26)16-7-3-5-12-4-1-2-6-15(12)16/h1-11,19H,(H,23,25,26). The molecule has 4 aromatic rings. The fraction of sp³-hybridized carbons (Fsp3) is 0.0500. The second-order valence-corrected chi connectivity index (χ2v) is 6.77. The Kier molecular flexibility index (Phi) is 4.94. The van der Waals surface area contributed by atoms with Crippen LogP contribution in [0, 0.1) is 0 Å². The van der Waals surface area contributed by atoms with Crippen LogP contribution in [0.2, 0.25) is 0 Å². The lowest BCUT2D eigenvalue weighted by atomic mass is 10.0. The Morgan fingerprint density at radius 2 is 1.71 bits per heavy atom. The molecule has 0 aliphatic carbocycles. The first-order valence-corrected chi connectivity index (χ1v) is 9.10. The van der Waals surface area contributed by atoms with E-state index in [1.54, 1.807) is 18.2 Å². The molecule has 0 bridgehead atoms. The minimum absolute atomic E-state index is 0.0627. The summed E-state index contributed by atoms with van der Waals surface area (Å²) in [4.78, 5) is 12.7. The number of amides is 1. The van der Waals surface area contributed by atoms with Crippen LogP contribution in [0.25, 0.3) is 21.3 Å². The van der Waals surface area contributed by atoms with Crippen LogP contribution in [0.15, 0.2) is 66.7 Å². The van der Waals surface area contributed by atoms with E-state index in [-0.39, 0.29) is 11.7 Å². The molecule has 1 heterocycles. The minimum atomic E-state index is -2.87.